The number of nitrogens with two attached hydrogens (primary N) is 1. The summed E-state index contributed by atoms with van der Waals surface area (Å²) in [5, 5.41) is 22.6. The zero-order valence-corrected chi connectivity index (χ0v) is 17.4. The monoisotopic (exact) mass is 439 g/mol. The van der Waals surface area contributed by atoms with E-state index in [1.165, 1.54) is 0 Å². The number of anilines is 1. The van der Waals surface area contributed by atoms with Gasteiger partial charge in [-0.2, -0.15) is 0 Å². The van der Waals surface area contributed by atoms with Crippen LogP contribution in [-0.4, -0.2) is 53.3 Å². The second-order valence-electron chi connectivity index (χ2n) is 6.93. The minimum atomic E-state index is -1.26. The lowest BCUT2D eigenvalue weighted by atomic mass is 10.0. The molecular formula is C20H26ClN3O6. The molecule has 3 rings (SSSR count). The van der Waals surface area contributed by atoms with Gasteiger partial charge < -0.3 is 31.3 Å². The lowest BCUT2D eigenvalue weighted by Gasteiger charge is -2.24. The van der Waals surface area contributed by atoms with Crippen LogP contribution in [0.4, 0.5) is 5.69 Å². The van der Waals surface area contributed by atoms with Gasteiger partial charge in [0, 0.05) is 36.2 Å². The molecule has 2 aliphatic heterocycles. The summed E-state index contributed by atoms with van der Waals surface area (Å²) in [5.41, 5.74) is 7.84. The molecule has 2 aliphatic rings. The number of nitrogens with one attached hydrogen (secondary N) is 2. The number of benzene rings is 1. The van der Waals surface area contributed by atoms with Gasteiger partial charge in [-0.3, -0.25) is 4.79 Å². The average Bonchev–Trinajstić information content (AvgIpc) is 3.39. The molecule has 0 aliphatic carbocycles. The zero-order chi connectivity index (χ0) is 22.3. The zero-order valence-electron chi connectivity index (χ0n) is 16.6. The van der Waals surface area contributed by atoms with Gasteiger partial charge >= 0.3 is 11.9 Å². The molecule has 0 saturated carbocycles. The number of rotatable bonds is 6. The predicted molar refractivity (Wildman–Crippen MR) is 112 cm³/mol. The molecule has 1 saturated heterocycles. The van der Waals surface area contributed by atoms with Crippen LogP contribution in [0.1, 0.15) is 42.1 Å². The molecule has 1 aromatic rings. The summed E-state index contributed by atoms with van der Waals surface area (Å²) >= 11 is 6.17. The molecule has 10 heteroatoms. The highest BCUT2D eigenvalue weighted by Crippen LogP contribution is 2.38. The van der Waals surface area contributed by atoms with Crippen molar-refractivity contribution in [2.24, 2.45) is 0 Å². The number of amides is 1. The quantitative estimate of drug-likeness (QED) is 0.332. The van der Waals surface area contributed by atoms with E-state index in [1.807, 2.05) is 0 Å². The van der Waals surface area contributed by atoms with Crippen molar-refractivity contribution in [2.75, 3.05) is 18.9 Å². The number of nitrogen functional groups attached to an aromatic ring is 1. The van der Waals surface area contributed by atoms with Gasteiger partial charge in [-0.25, -0.2) is 9.59 Å². The third-order valence-electron chi connectivity index (χ3n) is 4.92. The largest absolute Gasteiger partial charge is 0.492 e. The second-order valence-corrected chi connectivity index (χ2v) is 7.33. The first kappa shape index (κ1) is 23.5. The Bertz CT molecular complexity index is 820. The van der Waals surface area contributed by atoms with Crippen LogP contribution >= 0.6 is 11.6 Å². The second kappa shape index (κ2) is 10.8. The fourth-order valence-corrected chi connectivity index (χ4v) is 3.69. The van der Waals surface area contributed by atoms with E-state index >= 15 is 0 Å². The first-order valence-corrected chi connectivity index (χ1v) is 10.0. The Balaban J connectivity index is 0.000000343. The van der Waals surface area contributed by atoms with Crippen molar-refractivity contribution < 1.29 is 29.3 Å². The van der Waals surface area contributed by atoms with Crippen molar-refractivity contribution in [2.45, 2.75) is 44.7 Å². The number of fused-ring (bicyclic) bond motifs is 1. The Kier molecular flexibility index (Phi) is 8.49. The maximum Gasteiger partial charge on any atom is 0.328 e. The van der Waals surface area contributed by atoms with E-state index in [0.29, 0.717) is 53.2 Å². The maximum absolute atomic E-state index is 12.7. The molecule has 1 fully saturated rings. The van der Waals surface area contributed by atoms with Gasteiger partial charge in [0.1, 0.15) is 5.75 Å². The lowest BCUT2D eigenvalue weighted by Crippen LogP contribution is -2.47. The summed E-state index contributed by atoms with van der Waals surface area (Å²) in [5.74, 6) is -2.06. The van der Waals surface area contributed by atoms with Gasteiger partial charge in [0.25, 0.3) is 5.91 Å². The van der Waals surface area contributed by atoms with Gasteiger partial charge in [-0.1, -0.05) is 18.5 Å². The number of hydrogen-bond donors (Lipinski definition) is 5. The summed E-state index contributed by atoms with van der Waals surface area (Å²) in [6, 6.07) is 2.07. The van der Waals surface area contributed by atoms with E-state index in [1.54, 1.807) is 6.07 Å². The predicted octanol–water partition coefficient (Wildman–Crippen LogP) is 1.83. The number of ether oxygens (including phenoxy) is 1. The Labute approximate surface area is 179 Å². The number of halogens is 1. The summed E-state index contributed by atoms with van der Waals surface area (Å²) in [6.07, 6.45) is 4.95. The molecule has 2 unspecified atom stereocenters. The van der Waals surface area contributed by atoms with E-state index in [-0.39, 0.29) is 11.9 Å². The molecule has 164 valence electrons. The number of aliphatic carboxylic acids is 2. The van der Waals surface area contributed by atoms with Crippen LogP contribution in [0.15, 0.2) is 18.2 Å². The smallest absolute Gasteiger partial charge is 0.328 e. The lowest BCUT2D eigenvalue weighted by molar-refractivity contribution is -0.134. The van der Waals surface area contributed by atoms with Gasteiger partial charge in [0.05, 0.1) is 22.9 Å². The van der Waals surface area contributed by atoms with E-state index in [4.69, 9.17) is 32.3 Å². The first-order valence-electron chi connectivity index (χ1n) is 9.66. The van der Waals surface area contributed by atoms with Gasteiger partial charge in [-0.05, 0) is 31.9 Å². The van der Waals surface area contributed by atoms with Crippen molar-refractivity contribution in [1.29, 1.82) is 0 Å². The average molecular weight is 440 g/mol. The molecule has 0 radical (unpaired) electrons. The highest BCUT2D eigenvalue weighted by atomic mass is 35.5. The standard InChI is InChI=1S/C16H22ClN3O2.C4H4O4/c1-2-12(13-4-3-6-19-13)20-16(21)10-8-11(17)14(18)9-5-7-22-15(9)10;5-3(6)1-2-4(7)8/h8,12-13,19H,2-7,18H2,1H3,(H,20,21);1-2H,(H,5,6)(H,7,8). The Morgan fingerprint density at radius 1 is 1.37 bits per heavy atom. The van der Waals surface area contributed by atoms with Crippen molar-refractivity contribution in [3.63, 3.8) is 0 Å². The molecule has 1 aromatic carbocycles. The normalized spacial score (nSPS) is 18.1. The summed E-state index contributed by atoms with van der Waals surface area (Å²) in [6.45, 7) is 3.65. The molecule has 2 heterocycles. The topological polar surface area (TPSA) is 151 Å². The molecule has 0 bridgehead atoms. The maximum atomic E-state index is 12.7. The number of carboxylic acids is 2. The third kappa shape index (κ3) is 6.11. The Morgan fingerprint density at radius 2 is 2.03 bits per heavy atom. The molecule has 6 N–H and O–H groups in total. The van der Waals surface area contributed by atoms with E-state index in [9.17, 15) is 14.4 Å². The SMILES string of the molecule is CCC(NC(=O)c1cc(Cl)c(N)c2c1OCC2)C1CCCN1.O=C(O)C=CC(=O)O. The minimum Gasteiger partial charge on any atom is -0.492 e. The van der Waals surface area contributed by atoms with Crippen LogP contribution < -0.4 is 21.1 Å². The molecule has 9 nitrogen and oxygen atoms in total. The summed E-state index contributed by atoms with van der Waals surface area (Å²) in [4.78, 5) is 31.8. The van der Waals surface area contributed by atoms with Gasteiger partial charge in [0.2, 0.25) is 0 Å². The number of hydrogen-bond acceptors (Lipinski definition) is 6. The van der Waals surface area contributed by atoms with Crippen LogP contribution in [0.3, 0.4) is 0 Å². The summed E-state index contributed by atoms with van der Waals surface area (Å²) in [7, 11) is 0. The van der Waals surface area contributed by atoms with Crippen LogP contribution in [0.5, 0.6) is 5.75 Å². The van der Waals surface area contributed by atoms with Gasteiger partial charge in [-0.15, -0.1) is 0 Å². The molecule has 1 amide bonds. The third-order valence-corrected chi connectivity index (χ3v) is 5.24. The number of carbonyl (C=O) groups is 3. The molecular weight excluding hydrogens is 414 g/mol. The highest BCUT2D eigenvalue weighted by Gasteiger charge is 2.29. The van der Waals surface area contributed by atoms with E-state index < -0.39 is 11.9 Å². The van der Waals surface area contributed by atoms with Gasteiger partial charge in [0.15, 0.2) is 0 Å². The van der Waals surface area contributed by atoms with E-state index in [0.717, 1.165) is 31.4 Å². The van der Waals surface area contributed by atoms with Crippen molar-refractivity contribution in [3.8, 4) is 5.75 Å². The highest BCUT2D eigenvalue weighted by molar-refractivity contribution is 6.33. The van der Waals surface area contributed by atoms with Crippen LogP contribution in [0.2, 0.25) is 5.02 Å². The Hall–Kier alpha value is -2.78. The minimum absolute atomic E-state index is 0.114. The summed E-state index contributed by atoms with van der Waals surface area (Å²) < 4.78 is 5.61. The van der Waals surface area contributed by atoms with Crippen molar-refractivity contribution in [1.82, 2.24) is 10.6 Å². The fourth-order valence-electron chi connectivity index (χ4n) is 3.47. The van der Waals surface area contributed by atoms with Crippen molar-refractivity contribution >= 4 is 35.1 Å². The van der Waals surface area contributed by atoms with Crippen LogP contribution in [-0.2, 0) is 16.0 Å². The van der Waals surface area contributed by atoms with Crippen LogP contribution in [0.25, 0.3) is 0 Å². The number of carbonyl (C=O) groups excluding carboxylic acids is 1. The Morgan fingerprint density at radius 3 is 2.57 bits per heavy atom. The van der Waals surface area contributed by atoms with Crippen molar-refractivity contribution in [3.05, 3.63) is 34.4 Å². The molecule has 2 atom stereocenters. The molecule has 30 heavy (non-hydrogen) atoms. The van der Waals surface area contributed by atoms with E-state index in [2.05, 4.69) is 17.6 Å². The molecule has 0 spiro atoms. The van der Waals surface area contributed by atoms with Crippen LogP contribution in [0, 0.1) is 0 Å². The number of carboxylic acid groups (broad SMARTS) is 2. The fraction of sp³-hybridized carbons (Fsp3) is 0.450. The first-order chi connectivity index (χ1) is 14.2. The molecule has 0 aromatic heterocycles.